The van der Waals surface area contributed by atoms with Gasteiger partial charge in [-0.25, -0.2) is 8.78 Å². The molecule has 0 fully saturated rings. The van der Waals surface area contributed by atoms with E-state index in [4.69, 9.17) is 0 Å². The molecule has 0 unspecified atom stereocenters. The maximum Gasteiger partial charge on any atom is 0.161 e. The Bertz CT molecular complexity index is 1920. The topological polar surface area (TPSA) is 74.8 Å². The fraction of sp³-hybridized carbons (Fsp3) is 0.500. The molecule has 0 N–H and O–H groups in total. The number of halogens is 2. The van der Waals surface area contributed by atoms with Crippen molar-refractivity contribution in [1.29, 1.82) is 0 Å². The number of hydrogen-bond donors (Lipinski definition) is 0. The molecule has 2 aromatic carbocycles. The first-order valence-electron chi connectivity index (χ1n) is 20.1. The minimum Gasteiger partial charge on any atom is -0.317 e. The minimum absolute atomic E-state index is 0.134. The quantitative estimate of drug-likeness (QED) is 0.303. The fourth-order valence-corrected chi connectivity index (χ4v) is 10.4. The molecule has 0 saturated heterocycles. The molecule has 0 amide bonds. The summed E-state index contributed by atoms with van der Waals surface area (Å²) in [6, 6.07) is 12.8. The number of rotatable bonds is 2. The van der Waals surface area contributed by atoms with Crippen molar-refractivity contribution in [2.45, 2.75) is 121 Å². The Morgan fingerprint density at radius 3 is 0.839 bits per heavy atom. The van der Waals surface area contributed by atoms with Crippen LogP contribution in [0, 0.1) is 45.1 Å². The summed E-state index contributed by atoms with van der Waals surface area (Å²) in [6.45, 7) is 20.9. The summed E-state index contributed by atoms with van der Waals surface area (Å²) in [7, 11) is 0. The van der Waals surface area contributed by atoms with Gasteiger partial charge in [0.15, 0.2) is 23.1 Å². The van der Waals surface area contributed by atoms with E-state index >= 15 is 0 Å². The van der Waals surface area contributed by atoms with Gasteiger partial charge in [-0.3, -0.25) is 19.2 Å². The van der Waals surface area contributed by atoms with E-state index in [1.165, 1.54) is 24.3 Å². The normalized spacial score (nSPS) is 24.4. The van der Waals surface area contributed by atoms with Gasteiger partial charge in [0, 0.05) is 94.0 Å². The lowest BCUT2D eigenvalue weighted by Gasteiger charge is -2.48. The number of allylic oxidation sites excluding steroid dienone is 8. The van der Waals surface area contributed by atoms with Crippen molar-refractivity contribution in [1.82, 2.24) is 0 Å². The lowest BCUT2D eigenvalue weighted by atomic mass is 9.65. The van der Waals surface area contributed by atoms with Crippen LogP contribution in [0.25, 0.3) is 0 Å². The lowest BCUT2D eigenvalue weighted by Crippen LogP contribution is -2.44. The van der Waals surface area contributed by atoms with Crippen LogP contribution < -0.4 is 9.80 Å². The number of Topliss-reactive ketones (excluding diaryl/α,β-unsaturated/α-hetero) is 4. The highest BCUT2D eigenvalue weighted by atomic mass is 19.1. The van der Waals surface area contributed by atoms with E-state index in [1.54, 1.807) is 24.3 Å². The predicted octanol–water partition coefficient (Wildman–Crippen LogP) is 11.1. The van der Waals surface area contributed by atoms with Gasteiger partial charge in [-0.2, -0.15) is 0 Å². The molecule has 0 aromatic heterocycles. The first-order chi connectivity index (χ1) is 26.0. The van der Waals surface area contributed by atoms with Crippen LogP contribution in [0.5, 0.6) is 0 Å². The van der Waals surface area contributed by atoms with Crippen LogP contribution in [0.1, 0.15) is 121 Å². The molecule has 2 aliphatic heterocycles. The largest absolute Gasteiger partial charge is 0.317 e. The molecule has 2 aromatic rings. The van der Waals surface area contributed by atoms with Crippen LogP contribution in [0.4, 0.5) is 20.2 Å². The van der Waals surface area contributed by atoms with Crippen molar-refractivity contribution < 1.29 is 28.0 Å². The second kappa shape index (κ2) is 13.6. The summed E-state index contributed by atoms with van der Waals surface area (Å²) in [5.74, 6) is -0.395. The molecular formula is C48H56F2N2O4. The molecule has 8 rings (SSSR count). The average Bonchev–Trinajstić information content (AvgIpc) is 3.03. The number of anilines is 2. The van der Waals surface area contributed by atoms with Crippen LogP contribution in [-0.4, -0.2) is 23.1 Å². The summed E-state index contributed by atoms with van der Waals surface area (Å²) in [4.78, 5) is 56.7. The summed E-state index contributed by atoms with van der Waals surface area (Å²) >= 11 is 0. The third-order valence-corrected chi connectivity index (χ3v) is 12.6. The summed E-state index contributed by atoms with van der Waals surface area (Å²) in [6.07, 6.45) is 5.04. The van der Waals surface area contributed by atoms with E-state index in [0.717, 1.165) is 82.1 Å². The Hall–Kier alpha value is -4.46. The number of carbonyl (C=O) groups excluding carboxylic acids is 4. The van der Waals surface area contributed by atoms with E-state index in [2.05, 4.69) is 65.2 Å². The molecule has 0 saturated carbocycles. The fourth-order valence-electron chi connectivity index (χ4n) is 10.4. The molecule has 0 atom stereocenters. The van der Waals surface area contributed by atoms with Gasteiger partial charge in [0.25, 0.3) is 0 Å². The summed E-state index contributed by atoms with van der Waals surface area (Å²) in [5.41, 5.74) is 8.15. The van der Waals surface area contributed by atoms with Gasteiger partial charge in [0.1, 0.15) is 11.6 Å². The van der Waals surface area contributed by atoms with Crippen molar-refractivity contribution in [2.24, 2.45) is 33.5 Å². The number of nitrogens with zero attached hydrogens (tertiary/aromatic N) is 2. The summed E-state index contributed by atoms with van der Waals surface area (Å²) < 4.78 is 27.2. The average molecular weight is 763 g/mol. The molecule has 6 nitrogen and oxygen atoms in total. The first kappa shape index (κ1) is 39.8. The third kappa shape index (κ3) is 7.18. The minimum atomic E-state index is -0.294. The maximum atomic E-state index is 13.6. The number of benzene rings is 2. The van der Waals surface area contributed by atoms with Crippen LogP contribution in [0.2, 0.25) is 0 Å². The van der Waals surface area contributed by atoms with E-state index < -0.39 is 0 Å². The maximum absolute atomic E-state index is 13.6. The Balaban J connectivity index is 0.000000172. The van der Waals surface area contributed by atoms with Crippen molar-refractivity contribution in [3.05, 3.63) is 105 Å². The standard InChI is InChI=1S/2C24H28FNO2/c2*1-14-21-17(10-23(2,3)12-19(21)27)26(16-8-6-15(25)7-9-16)18-11-24(4,5)13-20(28)22(14)18/h2*6-9,14H,10-13H2,1-5H3. The molecule has 6 aliphatic rings. The highest BCUT2D eigenvalue weighted by molar-refractivity contribution is 6.07. The van der Waals surface area contributed by atoms with Crippen molar-refractivity contribution in [3.63, 3.8) is 0 Å². The predicted molar refractivity (Wildman–Crippen MR) is 216 cm³/mol. The van der Waals surface area contributed by atoms with E-state index in [0.29, 0.717) is 25.7 Å². The van der Waals surface area contributed by atoms with Crippen LogP contribution in [0.15, 0.2) is 93.6 Å². The van der Waals surface area contributed by atoms with E-state index in [9.17, 15) is 28.0 Å². The smallest absolute Gasteiger partial charge is 0.161 e. The highest BCUT2D eigenvalue weighted by Crippen LogP contribution is 2.54. The van der Waals surface area contributed by atoms with E-state index in [-0.39, 0.29) is 68.3 Å². The Labute approximate surface area is 330 Å². The van der Waals surface area contributed by atoms with Gasteiger partial charge < -0.3 is 9.80 Å². The molecule has 0 spiro atoms. The van der Waals surface area contributed by atoms with Crippen molar-refractivity contribution >= 4 is 34.5 Å². The highest BCUT2D eigenvalue weighted by Gasteiger charge is 2.49. The van der Waals surface area contributed by atoms with Gasteiger partial charge in [0.05, 0.1) is 0 Å². The Morgan fingerprint density at radius 2 is 0.625 bits per heavy atom. The monoisotopic (exact) mass is 762 g/mol. The lowest BCUT2D eigenvalue weighted by molar-refractivity contribution is -0.121. The Kier molecular flexibility index (Phi) is 9.65. The Morgan fingerprint density at radius 1 is 0.411 bits per heavy atom. The third-order valence-electron chi connectivity index (χ3n) is 12.6. The molecule has 8 heteroatoms. The summed E-state index contributed by atoms with van der Waals surface area (Å²) in [5, 5.41) is 0. The molecule has 56 heavy (non-hydrogen) atoms. The molecule has 2 heterocycles. The first-order valence-corrected chi connectivity index (χ1v) is 20.1. The second-order valence-corrected chi connectivity index (χ2v) is 20.3. The number of hydrogen-bond acceptors (Lipinski definition) is 6. The van der Waals surface area contributed by atoms with E-state index in [1.807, 2.05) is 13.8 Å². The van der Waals surface area contributed by atoms with Gasteiger partial charge >= 0.3 is 0 Å². The molecule has 296 valence electrons. The van der Waals surface area contributed by atoms with Crippen molar-refractivity contribution in [2.75, 3.05) is 9.80 Å². The SMILES string of the molecule is CC1C2=C(CC(C)(C)CC2=O)N(c2ccc(F)cc2)C2=C1C(=O)CC(C)(C)C2.CC1C2=C(CC(C)(C)CC2=O)N(c2ccc(F)cc2)C2=C1C(=O)CC(C)(C)C2. The number of carbonyl (C=O) groups is 4. The molecule has 0 radical (unpaired) electrons. The van der Waals surface area contributed by atoms with Gasteiger partial charge in [-0.05, 0) is 95.9 Å². The number of ketones is 4. The van der Waals surface area contributed by atoms with Crippen LogP contribution in [-0.2, 0) is 19.2 Å². The molecule has 0 bridgehead atoms. The second-order valence-electron chi connectivity index (χ2n) is 20.3. The van der Waals surface area contributed by atoms with Gasteiger partial charge in [-0.1, -0.05) is 69.2 Å². The van der Waals surface area contributed by atoms with Crippen LogP contribution >= 0.6 is 0 Å². The zero-order valence-corrected chi connectivity index (χ0v) is 34.7. The zero-order chi connectivity index (χ0) is 40.9. The van der Waals surface area contributed by atoms with Gasteiger partial charge in [0.2, 0.25) is 0 Å². The molecular weight excluding hydrogens is 707 g/mol. The molecule has 4 aliphatic carbocycles. The zero-order valence-electron chi connectivity index (χ0n) is 34.7. The van der Waals surface area contributed by atoms with Gasteiger partial charge in [-0.15, -0.1) is 0 Å². The van der Waals surface area contributed by atoms with Crippen LogP contribution in [0.3, 0.4) is 0 Å². The van der Waals surface area contributed by atoms with Crippen molar-refractivity contribution in [3.8, 4) is 0 Å².